The quantitative estimate of drug-likeness (QED) is 0.552. The highest BCUT2D eigenvalue weighted by molar-refractivity contribution is 7.98. The number of aliphatic carboxylic acids is 1. The van der Waals surface area contributed by atoms with Gasteiger partial charge in [-0.2, -0.15) is 0 Å². The van der Waals surface area contributed by atoms with Gasteiger partial charge in [0.15, 0.2) is 5.43 Å². The summed E-state index contributed by atoms with van der Waals surface area (Å²) < 4.78 is 14.6. The minimum Gasteiger partial charge on any atom is -0.480 e. The average molecular weight is 428 g/mol. The second kappa shape index (κ2) is 9.53. The number of hydrogen-bond acceptors (Lipinski definition) is 6. The van der Waals surface area contributed by atoms with Gasteiger partial charge in [0.05, 0.1) is 5.03 Å². The molecule has 0 saturated heterocycles. The van der Waals surface area contributed by atoms with Crippen molar-refractivity contribution in [2.45, 2.75) is 23.7 Å². The summed E-state index contributed by atoms with van der Waals surface area (Å²) in [5.74, 6) is -0.279. The molecule has 0 bridgehead atoms. The fourth-order valence-corrected chi connectivity index (χ4v) is 3.74. The lowest BCUT2D eigenvalue weighted by Gasteiger charge is -2.14. The molecule has 0 aliphatic rings. The number of benzene rings is 1. The van der Waals surface area contributed by atoms with Crippen LogP contribution in [0.5, 0.6) is 0 Å². The summed E-state index contributed by atoms with van der Waals surface area (Å²) in [5, 5.41) is 9.80. The Hall–Kier alpha value is -3.20. The summed E-state index contributed by atoms with van der Waals surface area (Å²) in [5.41, 5.74) is 1.91. The van der Waals surface area contributed by atoms with Crippen LogP contribution in [0.1, 0.15) is 16.7 Å². The number of anilines is 1. The molecule has 0 fully saturated rings. The molecule has 0 amide bonds. The van der Waals surface area contributed by atoms with Gasteiger partial charge in [0.2, 0.25) is 5.95 Å². The lowest BCUT2D eigenvalue weighted by atomic mass is 10.1. The first kappa shape index (κ1) is 21.5. The first-order valence-electron chi connectivity index (χ1n) is 9.12. The third-order valence-corrected chi connectivity index (χ3v) is 5.38. The molecular formula is C21H21FN4O3S. The SMILES string of the molecule is CN(C)c1ncc(Cc2cn(CC(=O)O)c(SCc3ccc(F)cc3)cc2=O)cn1. The summed E-state index contributed by atoms with van der Waals surface area (Å²) in [6, 6.07) is 7.50. The maximum atomic E-state index is 13.1. The number of thioether (sulfide) groups is 1. The highest BCUT2D eigenvalue weighted by atomic mass is 32.2. The van der Waals surface area contributed by atoms with E-state index in [1.807, 2.05) is 14.1 Å². The van der Waals surface area contributed by atoms with Crippen LogP contribution in [0.3, 0.4) is 0 Å². The number of nitrogens with zero attached hydrogens (tertiary/aromatic N) is 4. The maximum absolute atomic E-state index is 13.1. The van der Waals surface area contributed by atoms with Crippen molar-refractivity contribution in [2.24, 2.45) is 0 Å². The largest absolute Gasteiger partial charge is 0.480 e. The van der Waals surface area contributed by atoms with Crippen molar-refractivity contribution in [2.75, 3.05) is 19.0 Å². The second-order valence-electron chi connectivity index (χ2n) is 6.90. The van der Waals surface area contributed by atoms with E-state index in [2.05, 4.69) is 9.97 Å². The van der Waals surface area contributed by atoms with Crippen LogP contribution in [0.4, 0.5) is 10.3 Å². The van der Waals surface area contributed by atoms with Crippen molar-refractivity contribution in [3.8, 4) is 0 Å². The van der Waals surface area contributed by atoms with E-state index in [-0.39, 0.29) is 17.8 Å². The number of rotatable bonds is 8. The van der Waals surface area contributed by atoms with Crippen molar-refractivity contribution in [1.82, 2.24) is 14.5 Å². The summed E-state index contributed by atoms with van der Waals surface area (Å²) >= 11 is 1.33. The minimum atomic E-state index is -1.01. The average Bonchev–Trinajstić information content (AvgIpc) is 2.70. The van der Waals surface area contributed by atoms with Crippen molar-refractivity contribution in [3.63, 3.8) is 0 Å². The minimum absolute atomic E-state index is 0.185. The van der Waals surface area contributed by atoms with Gasteiger partial charge in [-0.15, -0.1) is 11.8 Å². The van der Waals surface area contributed by atoms with E-state index in [1.54, 1.807) is 40.2 Å². The van der Waals surface area contributed by atoms with Crippen molar-refractivity contribution < 1.29 is 14.3 Å². The van der Waals surface area contributed by atoms with Crippen LogP contribution >= 0.6 is 11.8 Å². The van der Waals surface area contributed by atoms with E-state index in [1.165, 1.54) is 30.0 Å². The van der Waals surface area contributed by atoms with Crippen LogP contribution in [0.25, 0.3) is 0 Å². The standard InChI is InChI=1S/C21H21FN4O3S/c1-25(2)21-23-9-15(10-24-21)7-16-11-26(12-20(28)29)19(8-18(16)27)30-13-14-3-5-17(22)6-4-14/h3-6,8-11H,7,12-13H2,1-2H3,(H,28,29). The van der Waals surface area contributed by atoms with Gasteiger partial charge < -0.3 is 14.6 Å². The van der Waals surface area contributed by atoms with Crippen LogP contribution in [-0.2, 0) is 23.5 Å². The molecule has 3 rings (SSSR count). The molecule has 0 atom stereocenters. The molecule has 0 unspecified atom stereocenters. The molecule has 1 aromatic carbocycles. The van der Waals surface area contributed by atoms with Crippen LogP contribution < -0.4 is 10.3 Å². The molecule has 1 N–H and O–H groups in total. The number of halogens is 1. The number of aromatic nitrogens is 3. The monoisotopic (exact) mass is 428 g/mol. The highest BCUT2D eigenvalue weighted by Gasteiger charge is 2.12. The van der Waals surface area contributed by atoms with Gasteiger partial charge in [-0.3, -0.25) is 9.59 Å². The molecule has 7 nitrogen and oxygen atoms in total. The molecule has 0 saturated carbocycles. The zero-order valence-electron chi connectivity index (χ0n) is 16.6. The number of carbonyl (C=O) groups is 1. The number of carboxylic acid groups (broad SMARTS) is 1. The van der Waals surface area contributed by atoms with Crippen molar-refractivity contribution in [1.29, 1.82) is 0 Å². The van der Waals surface area contributed by atoms with Gasteiger partial charge in [0, 0.05) is 56.5 Å². The molecule has 30 heavy (non-hydrogen) atoms. The van der Waals surface area contributed by atoms with Gasteiger partial charge >= 0.3 is 5.97 Å². The number of pyridine rings is 1. The zero-order chi connectivity index (χ0) is 21.7. The van der Waals surface area contributed by atoms with E-state index < -0.39 is 5.97 Å². The van der Waals surface area contributed by atoms with Crippen molar-refractivity contribution in [3.05, 3.63) is 81.7 Å². The third kappa shape index (κ3) is 5.66. The number of carboxylic acids is 1. The Morgan fingerprint density at radius 2 is 1.83 bits per heavy atom. The Labute approximate surface area is 177 Å². The van der Waals surface area contributed by atoms with E-state index in [9.17, 15) is 19.1 Å². The molecule has 2 aromatic heterocycles. The summed E-state index contributed by atoms with van der Waals surface area (Å²) in [6.45, 7) is -0.269. The Balaban J connectivity index is 1.83. The van der Waals surface area contributed by atoms with E-state index in [4.69, 9.17) is 0 Å². The molecule has 0 radical (unpaired) electrons. The predicted molar refractivity (Wildman–Crippen MR) is 113 cm³/mol. The molecule has 0 aliphatic heterocycles. The number of hydrogen-bond donors (Lipinski definition) is 1. The summed E-state index contributed by atoms with van der Waals surface area (Å²) in [7, 11) is 3.67. The summed E-state index contributed by atoms with van der Waals surface area (Å²) in [6.07, 6.45) is 5.18. The molecule has 0 spiro atoms. The van der Waals surface area contributed by atoms with Gasteiger partial charge in [-0.05, 0) is 23.3 Å². The first-order valence-corrected chi connectivity index (χ1v) is 10.1. The van der Waals surface area contributed by atoms with E-state index in [0.717, 1.165) is 11.1 Å². The van der Waals surface area contributed by atoms with Gasteiger partial charge in [-0.1, -0.05) is 12.1 Å². The summed E-state index contributed by atoms with van der Waals surface area (Å²) in [4.78, 5) is 34.2. The zero-order valence-corrected chi connectivity index (χ0v) is 17.4. The van der Waals surface area contributed by atoms with Gasteiger partial charge in [0.1, 0.15) is 12.4 Å². The topological polar surface area (TPSA) is 88.3 Å². The fourth-order valence-electron chi connectivity index (χ4n) is 2.76. The van der Waals surface area contributed by atoms with Crippen LogP contribution in [0.15, 0.2) is 58.7 Å². The second-order valence-corrected chi connectivity index (χ2v) is 7.90. The third-order valence-electron chi connectivity index (χ3n) is 4.26. The lowest BCUT2D eigenvalue weighted by Crippen LogP contribution is -2.18. The van der Waals surface area contributed by atoms with Crippen LogP contribution in [0, 0.1) is 5.82 Å². The Kier molecular flexibility index (Phi) is 6.83. The van der Waals surface area contributed by atoms with E-state index in [0.29, 0.717) is 28.7 Å². The Morgan fingerprint density at radius 1 is 1.17 bits per heavy atom. The van der Waals surface area contributed by atoms with Gasteiger partial charge in [-0.25, -0.2) is 14.4 Å². The maximum Gasteiger partial charge on any atom is 0.323 e. The van der Waals surface area contributed by atoms with Gasteiger partial charge in [0.25, 0.3) is 0 Å². The van der Waals surface area contributed by atoms with Crippen LogP contribution in [-0.4, -0.2) is 39.7 Å². The molecule has 9 heteroatoms. The highest BCUT2D eigenvalue weighted by Crippen LogP contribution is 2.23. The molecular weight excluding hydrogens is 407 g/mol. The molecule has 2 heterocycles. The smallest absolute Gasteiger partial charge is 0.323 e. The Bertz CT molecular complexity index is 1080. The van der Waals surface area contributed by atoms with Crippen LogP contribution in [0.2, 0.25) is 0 Å². The molecule has 0 aliphatic carbocycles. The van der Waals surface area contributed by atoms with Crippen molar-refractivity contribution >= 4 is 23.7 Å². The normalized spacial score (nSPS) is 10.8. The fraction of sp³-hybridized carbons (Fsp3) is 0.238. The Morgan fingerprint density at radius 3 is 2.43 bits per heavy atom. The molecule has 156 valence electrons. The predicted octanol–water partition coefficient (Wildman–Crippen LogP) is 2.81. The molecule has 3 aromatic rings. The first-order chi connectivity index (χ1) is 14.3. The van der Waals surface area contributed by atoms with E-state index >= 15 is 0 Å². The lowest BCUT2D eigenvalue weighted by molar-refractivity contribution is -0.137.